The van der Waals surface area contributed by atoms with E-state index >= 15 is 0 Å². The van der Waals surface area contributed by atoms with Crippen LogP contribution in [0.15, 0.2) is 18.2 Å². The molecule has 28 heavy (non-hydrogen) atoms. The summed E-state index contributed by atoms with van der Waals surface area (Å²) in [5, 5.41) is 6.41. The number of anilines is 1. The predicted octanol–water partition coefficient (Wildman–Crippen LogP) is 3.27. The van der Waals surface area contributed by atoms with Crippen molar-refractivity contribution < 1.29 is 14.4 Å². The van der Waals surface area contributed by atoms with Gasteiger partial charge in [0.1, 0.15) is 6.04 Å². The SMILES string of the molecule is Cc1ccc(NC(=O)C[C@@H]2C(=O)N[C@H]3CCCC[C@@H]3N2C(=O)C(C)C)cc1Cl. The standard InChI is InChI=1S/C21H28ClN3O3/c1-12(2)21(28)25-17-7-5-4-6-16(17)24-20(27)18(25)11-19(26)23-14-9-8-13(3)15(22)10-14/h8-10,12,16-18H,4-7,11H2,1-3H3,(H,23,26)(H,24,27)/t16-,17-,18+/m0/s1. The quantitative estimate of drug-likeness (QED) is 0.806. The minimum Gasteiger partial charge on any atom is -0.349 e. The Bertz CT molecular complexity index is 780. The van der Waals surface area contributed by atoms with Gasteiger partial charge in [-0.3, -0.25) is 14.4 Å². The lowest BCUT2D eigenvalue weighted by Crippen LogP contribution is -2.68. The third-order valence-electron chi connectivity index (χ3n) is 5.64. The van der Waals surface area contributed by atoms with Gasteiger partial charge >= 0.3 is 0 Å². The zero-order valence-corrected chi connectivity index (χ0v) is 17.4. The van der Waals surface area contributed by atoms with Crippen molar-refractivity contribution in [3.05, 3.63) is 28.8 Å². The number of carbonyl (C=O) groups is 3. The van der Waals surface area contributed by atoms with E-state index in [2.05, 4.69) is 10.6 Å². The molecule has 1 aliphatic heterocycles. The molecule has 1 aliphatic carbocycles. The van der Waals surface area contributed by atoms with Gasteiger partial charge in [0.2, 0.25) is 17.7 Å². The third-order valence-corrected chi connectivity index (χ3v) is 6.04. The molecule has 2 aliphatic rings. The summed E-state index contributed by atoms with van der Waals surface area (Å²) in [4.78, 5) is 40.0. The molecule has 0 spiro atoms. The second kappa shape index (κ2) is 8.52. The van der Waals surface area contributed by atoms with Crippen LogP contribution in [0.25, 0.3) is 0 Å². The van der Waals surface area contributed by atoms with Crippen LogP contribution < -0.4 is 10.6 Å². The molecule has 2 fully saturated rings. The fourth-order valence-corrected chi connectivity index (χ4v) is 4.29. The third kappa shape index (κ3) is 4.32. The van der Waals surface area contributed by atoms with Gasteiger partial charge in [-0.1, -0.05) is 44.4 Å². The molecule has 0 bridgehead atoms. The van der Waals surface area contributed by atoms with Gasteiger partial charge in [-0.05, 0) is 37.5 Å². The summed E-state index contributed by atoms with van der Waals surface area (Å²) in [6, 6.07) is 4.45. The Hall–Kier alpha value is -2.08. The summed E-state index contributed by atoms with van der Waals surface area (Å²) in [6.45, 7) is 5.55. The highest BCUT2D eigenvalue weighted by molar-refractivity contribution is 6.31. The maximum Gasteiger partial charge on any atom is 0.243 e. The number of fused-ring (bicyclic) bond motifs is 1. The average Bonchev–Trinajstić information content (AvgIpc) is 2.64. The first-order valence-corrected chi connectivity index (χ1v) is 10.3. The van der Waals surface area contributed by atoms with Gasteiger partial charge in [-0.15, -0.1) is 0 Å². The summed E-state index contributed by atoms with van der Waals surface area (Å²) in [5.74, 6) is -0.844. The molecule has 1 saturated carbocycles. The van der Waals surface area contributed by atoms with Crippen molar-refractivity contribution in [1.29, 1.82) is 0 Å². The van der Waals surface area contributed by atoms with E-state index in [-0.39, 0.29) is 42.1 Å². The molecular formula is C21H28ClN3O3. The van der Waals surface area contributed by atoms with Gasteiger partial charge in [0.15, 0.2) is 0 Å². The lowest BCUT2D eigenvalue weighted by atomic mass is 9.84. The van der Waals surface area contributed by atoms with Gasteiger partial charge in [0.25, 0.3) is 0 Å². The number of rotatable bonds is 4. The topological polar surface area (TPSA) is 78.5 Å². The van der Waals surface area contributed by atoms with Gasteiger partial charge < -0.3 is 15.5 Å². The molecule has 0 aromatic heterocycles. The van der Waals surface area contributed by atoms with E-state index in [1.165, 1.54) is 0 Å². The summed E-state index contributed by atoms with van der Waals surface area (Å²) < 4.78 is 0. The fourth-order valence-electron chi connectivity index (χ4n) is 4.11. The molecule has 3 atom stereocenters. The van der Waals surface area contributed by atoms with Crippen molar-refractivity contribution in [1.82, 2.24) is 10.2 Å². The van der Waals surface area contributed by atoms with E-state index in [1.807, 2.05) is 26.8 Å². The van der Waals surface area contributed by atoms with Crippen molar-refractivity contribution in [3.8, 4) is 0 Å². The number of hydrogen-bond acceptors (Lipinski definition) is 3. The molecule has 7 heteroatoms. The summed E-state index contributed by atoms with van der Waals surface area (Å²) >= 11 is 6.12. The van der Waals surface area contributed by atoms with E-state index in [1.54, 1.807) is 17.0 Å². The lowest BCUT2D eigenvalue weighted by molar-refractivity contribution is -0.154. The molecule has 1 heterocycles. The van der Waals surface area contributed by atoms with Gasteiger partial charge in [0.05, 0.1) is 12.5 Å². The normalized spacial score (nSPS) is 24.5. The number of hydrogen-bond donors (Lipinski definition) is 2. The molecule has 0 radical (unpaired) electrons. The lowest BCUT2D eigenvalue weighted by Gasteiger charge is -2.48. The van der Waals surface area contributed by atoms with Crippen LogP contribution in [0.1, 0.15) is 51.5 Å². The molecule has 1 aromatic carbocycles. The number of halogens is 1. The molecule has 1 saturated heterocycles. The van der Waals surface area contributed by atoms with Crippen molar-refractivity contribution in [2.75, 3.05) is 5.32 Å². The van der Waals surface area contributed by atoms with Crippen molar-refractivity contribution in [3.63, 3.8) is 0 Å². The van der Waals surface area contributed by atoms with Crippen LogP contribution in [-0.2, 0) is 14.4 Å². The van der Waals surface area contributed by atoms with E-state index in [9.17, 15) is 14.4 Å². The van der Waals surface area contributed by atoms with Crippen LogP contribution >= 0.6 is 11.6 Å². The zero-order valence-electron chi connectivity index (χ0n) is 16.6. The maximum absolute atomic E-state index is 12.9. The van der Waals surface area contributed by atoms with Crippen molar-refractivity contribution >= 4 is 35.0 Å². The van der Waals surface area contributed by atoms with E-state index in [0.717, 1.165) is 31.2 Å². The number of piperazine rings is 1. The molecule has 1 aromatic rings. The Kier molecular flexibility index (Phi) is 6.28. The number of carbonyl (C=O) groups excluding carboxylic acids is 3. The van der Waals surface area contributed by atoms with Gasteiger partial charge in [-0.25, -0.2) is 0 Å². The number of nitrogens with zero attached hydrogens (tertiary/aromatic N) is 1. The first-order chi connectivity index (χ1) is 13.3. The van der Waals surface area contributed by atoms with Crippen molar-refractivity contribution in [2.45, 2.75) is 71.0 Å². The Morgan fingerprint density at radius 1 is 1.29 bits per heavy atom. The van der Waals surface area contributed by atoms with E-state index < -0.39 is 6.04 Å². The Labute approximate surface area is 171 Å². The van der Waals surface area contributed by atoms with Crippen LogP contribution in [0.3, 0.4) is 0 Å². The highest BCUT2D eigenvalue weighted by Gasteiger charge is 2.46. The minimum absolute atomic E-state index is 0.0147. The van der Waals surface area contributed by atoms with Crippen LogP contribution in [-0.4, -0.2) is 40.7 Å². The first-order valence-electron chi connectivity index (χ1n) is 9.96. The molecule has 152 valence electrons. The molecule has 3 rings (SSSR count). The zero-order chi connectivity index (χ0) is 20.4. The number of aryl methyl sites for hydroxylation is 1. The van der Waals surface area contributed by atoms with Crippen molar-refractivity contribution in [2.24, 2.45) is 5.92 Å². The number of benzene rings is 1. The smallest absolute Gasteiger partial charge is 0.243 e. The van der Waals surface area contributed by atoms with Gasteiger partial charge in [-0.2, -0.15) is 0 Å². The first kappa shape index (κ1) is 20.6. The summed E-state index contributed by atoms with van der Waals surface area (Å²) in [5.41, 5.74) is 1.50. The minimum atomic E-state index is -0.782. The largest absolute Gasteiger partial charge is 0.349 e. The highest BCUT2D eigenvalue weighted by atomic mass is 35.5. The Morgan fingerprint density at radius 2 is 2.00 bits per heavy atom. The molecular weight excluding hydrogens is 378 g/mol. The summed E-state index contributed by atoms with van der Waals surface area (Å²) in [6.07, 6.45) is 3.73. The van der Waals surface area contributed by atoms with Crippen LogP contribution in [0.2, 0.25) is 5.02 Å². The van der Waals surface area contributed by atoms with E-state index in [0.29, 0.717) is 10.7 Å². The number of nitrogens with one attached hydrogen (secondary N) is 2. The highest BCUT2D eigenvalue weighted by Crippen LogP contribution is 2.31. The maximum atomic E-state index is 12.9. The Morgan fingerprint density at radius 3 is 2.68 bits per heavy atom. The van der Waals surface area contributed by atoms with Crippen LogP contribution in [0.5, 0.6) is 0 Å². The Balaban J connectivity index is 1.78. The van der Waals surface area contributed by atoms with Gasteiger partial charge in [0, 0.05) is 22.7 Å². The molecule has 2 N–H and O–H groups in total. The average molecular weight is 406 g/mol. The molecule has 0 unspecified atom stereocenters. The second-order valence-corrected chi connectivity index (χ2v) is 8.51. The summed E-state index contributed by atoms with van der Waals surface area (Å²) in [7, 11) is 0. The second-order valence-electron chi connectivity index (χ2n) is 8.10. The van der Waals surface area contributed by atoms with Crippen LogP contribution in [0.4, 0.5) is 5.69 Å². The fraction of sp³-hybridized carbons (Fsp3) is 0.571. The number of amides is 3. The monoisotopic (exact) mass is 405 g/mol. The predicted molar refractivity (Wildman–Crippen MR) is 109 cm³/mol. The molecule has 3 amide bonds. The van der Waals surface area contributed by atoms with Crippen LogP contribution in [0, 0.1) is 12.8 Å². The molecule has 6 nitrogen and oxygen atoms in total. The van der Waals surface area contributed by atoms with E-state index in [4.69, 9.17) is 11.6 Å².